The van der Waals surface area contributed by atoms with Gasteiger partial charge in [0.25, 0.3) is 0 Å². The molecule has 3 aromatic carbocycles. The molecule has 0 aliphatic rings. The van der Waals surface area contributed by atoms with Crippen LogP contribution in [0, 0.1) is 0 Å². The smallest absolute Gasteiger partial charge is 0.243 e. The molecule has 0 radical (unpaired) electrons. The number of hydrogen-bond acceptors (Lipinski definition) is 2. The Morgan fingerprint density at radius 3 is 2.14 bits per heavy atom. The van der Waals surface area contributed by atoms with Gasteiger partial charge in [0.05, 0.1) is 16.5 Å². The Morgan fingerprint density at radius 2 is 1.51 bits per heavy atom. The number of nitrogens with one attached hydrogen (secondary N) is 1. The van der Waals surface area contributed by atoms with Crippen LogP contribution in [0.4, 0.5) is 0 Å². The maximum Gasteiger partial charge on any atom is 0.243 e. The highest BCUT2D eigenvalue weighted by Gasteiger charge is 2.31. The summed E-state index contributed by atoms with van der Waals surface area (Å²) in [7, 11) is 0. The Bertz CT molecular complexity index is 1140. The molecule has 0 bridgehead atoms. The summed E-state index contributed by atoms with van der Waals surface area (Å²) in [6.07, 6.45) is 1.27. The normalized spacial score (nSPS) is 12.6. The second kappa shape index (κ2) is 13.0. The zero-order valence-corrected chi connectivity index (χ0v) is 22.1. The molecule has 3 rings (SSSR count). The van der Waals surface area contributed by atoms with Crippen LogP contribution < -0.4 is 5.32 Å². The van der Waals surface area contributed by atoms with Crippen LogP contribution >= 0.6 is 34.8 Å². The molecular weight excluding hydrogens is 503 g/mol. The van der Waals surface area contributed by atoms with Crippen molar-refractivity contribution < 1.29 is 9.59 Å². The van der Waals surface area contributed by atoms with Gasteiger partial charge in [-0.3, -0.25) is 9.59 Å². The summed E-state index contributed by atoms with van der Waals surface area (Å²) in [6, 6.07) is 21.5. The molecule has 2 amide bonds. The molecule has 0 spiro atoms. The molecule has 4 nitrogen and oxygen atoms in total. The molecule has 7 heteroatoms. The fourth-order valence-corrected chi connectivity index (χ4v) is 4.15. The first-order chi connectivity index (χ1) is 16.8. The molecule has 0 heterocycles. The summed E-state index contributed by atoms with van der Waals surface area (Å²) in [5.41, 5.74) is 2.58. The van der Waals surface area contributed by atoms with Gasteiger partial charge in [0.1, 0.15) is 6.04 Å². The summed E-state index contributed by atoms with van der Waals surface area (Å²) in [5, 5.41) is 4.49. The molecular formula is C28H29Cl3N2O2. The first-order valence-electron chi connectivity index (χ1n) is 11.6. The molecule has 1 N–H and O–H groups in total. The predicted molar refractivity (Wildman–Crippen MR) is 144 cm³/mol. The van der Waals surface area contributed by atoms with Crippen molar-refractivity contribution in [2.24, 2.45) is 0 Å². The summed E-state index contributed by atoms with van der Waals surface area (Å²) in [4.78, 5) is 28.9. The predicted octanol–water partition coefficient (Wildman–Crippen LogP) is 6.74. The second-order valence-electron chi connectivity index (χ2n) is 8.60. The van der Waals surface area contributed by atoms with Gasteiger partial charge in [0.15, 0.2) is 0 Å². The van der Waals surface area contributed by atoms with E-state index in [4.69, 9.17) is 34.8 Å². The fourth-order valence-electron chi connectivity index (χ4n) is 3.71. The molecule has 0 aliphatic heterocycles. The molecule has 0 saturated carbocycles. The average Bonchev–Trinajstić information content (AvgIpc) is 2.85. The second-order valence-corrected chi connectivity index (χ2v) is 9.85. The van der Waals surface area contributed by atoms with Crippen LogP contribution in [0.5, 0.6) is 0 Å². The van der Waals surface area contributed by atoms with Crippen LogP contribution in [0.25, 0.3) is 0 Å². The summed E-state index contributed by atoms with van der Waals surface area (Å²) < 4.78 is 0. The molecule has 0 fully saturated rings. The maximum atomic E-state index is 13.7. The fraction of sp³-hybridized carbons (Fsp3) is 0.286. The van der Waals surface area contributed by atoms with Gasteiger partial charge in [-0.15, -0.1) is 0 Å². The molecule has 3 aromatic rings. The van der Waals surface area contributed by atoms with Gasteiger partial charge in [-0.05, 0) is 54.3 Å². The minimum atomic E-state index is -0.697. The minimum absolute atomic E-state index is 0.0108. The standard InChI is InChI=1S/C28H29Cl3N2O2/c1-3-19(2)32-28(35)26(16-20-7-5-4-6-8-20)33(18-21-9-12-23(29)13-10-21)27(34)17-22-11-14-24(30)25(31)15-22/h4-15,19,26H,3,16-18H2,1-2H3,(H,32,35)/t19-,26+/m0/s1. The van der Waals surface area contributed by atoms with Gasteiger partial charge in [-0.25, -0.2) is 0 Å². The molecule has 0 aromatic heterocycles. The number of nitrogens with zero attached hydrogens (tertiary/aromatic N) is 1. The van der Waals surface area contributed by atoms with Crippen LogP contribution in [-0.4, -0.2) is 28.8 Å². The van der Waals surface area contributed by atoms with Gasteiger partial charge in [0, 0.05) is 24.0 Å². The highest BCUT2D eigenvalue weighted by Crippen LogP contribution is 2.24. The lowest BCUT2D eigenvalue weighted by molar-refractivity contribution is -0.141. The third-order valence-electron chi connectivity index (χ3n) is 5.88. The largest absolute Gasteiger partial charge is 0.352 e. The van der Waals surface area contributed by atoms with Crippen molar-refractivity contribution in [3.63, 3.8) is 0 Å². The van der Waals surface area contributed by atoms with Crippen LogP contribution in [0.1, 0.15) is 37.0 Å². The van der Waals surface area contributed by atoms with Crippen LogP contribution in [-0.2, 0) is 29.0 Å². The first kappa shape index (κ1) is 27.1. The molecule has 0 unspecified atom stereocenters. The summed E-state index contributed by atoms with van der Waals surface area (Å²) in [5.74, 6) is -0.363. The molecule has 35 heavy (non-hydrogen) atoms. The van der Waals surface area contributed by atoms with Crippen molar-refractivity contribution in [1.82, 2.24) is 10.2 Å². The number of hydrogen-bond donors (Lipinski definition) is 1. The van der Waals surface area contributed by atoms with Gasteiger partial charge in [-0.1, -0.05) is 90.3 Å². The number of carbonyl (C=O) groups excluding carboxylic acids is 2. The van der Waals surface area contributed by atoms with Gasteiger partial charge >= 0.3 is 0 Å². The Labute approximate surface area is 222 Å². The van der Waals surface area contributed by atoms with Crippen molar-refractivity contribution in [2.75, 3.05) is 0 Å². The van der Waals surface area contributed by atoms with E-state index in [0.29, 0.717) is 21.5 Å². The van der Waals surface area contributed by atoms with E-state index in [0.717, 1.165) is 23.1 Å². The zero-order chi connectivity index (χ0) is 25.4. The Balaban J connectivity index is 1.97. The Hall–Kier alpha value is -2.53. The van der Waals surface area contributed by atoms with E-state index in [2.05, 4.69) is 5.32 Å². The number of amides is 2. The van der Waals surface area contributed by atoms with Crippen molar-refractivity contribution >= 4 is 46.6 Å². The molecule has 0 saturated heterocycles. The first-order valence-corrected chi connectivity index (χ1v) is 12.7. The van der Waals surface area contributed by atoms with E-state index in [-0.39, 0.29) is 30.8 Å². The van der Waals surface area contributed by atoms with E-state index < -0.39 is 6.04 Å². The van der Waals surface area contributed by atoms with Crippen molar-refractivity contribution in [1.29, 1.82) is 0 Å². The quantitative estimate of drug-likeness (QED) is 0.315. The summed E-state index contributed by atoms with van der Waals surface area (Å²) in [6.45, 7) is 4.24. The van der Waals surface area contributed by atoms with E-state index in [1.807, 2.05) is 56.3 Å². The Morgan fingerprint density at radius 1 is 0.857 bits per heavy atom. The summed E-state index contributed by atoms with van der Waals surface area (Å²) >= 11 is 18.3. The van der Waals surface area contributed by atoms with E-state index >= 15 is 0 Å². The van der Waals surface area contributed by atoms with E-state index in [1.165, 1.54) is 0 Å². The van der Waals surface area contributed by atoms with Gasteiger partial charge in [0.2, 0.25) is 11.8 Å². The monoisotopic (exact) mass is 530 g/mol. The van der Waals surface area contributed by atoms with E-state index in [9.17, 15) is 9.59 Å². The number of benzene rings is 3. The lowest BCUT2D eigenvalue weighted by Crippen LogP contribution is -2.52. The minimum Gasteiger partial charge on any atom is -0.352 e. The van der Waals surface area contributed by atoms with Gasteiger partial charge < -0.3 is 10.2 Å². The number of halogens is 3. The topological polar surface area (TPSA) is 49.4 Å². The third kappa shape index (κ3) is 7.99. The van der Waals surface area contributed by atoms with Crippen LogP contribution in [0.15, 0.2) is 72.8 Å². The zero-order valence-electron chi connectivity index (χ0n) is 19.8. The SMILES string of the molecule is CC[C@H](C)NC(=O)[C@@H](Cc1ccccc1)N(Cc1ccc(Cl)cc1)C(=O)Cc1ccc(Cl)c(Cl)c1. The van der Waals surface area contributed by atoms with Gasteiger partial charge in [-0.2, -0.15) is 0 Å². The highest BCUT2D eigenvalue weighted by atomic mass is 35.5. The third-order valence-corrected chi connectivity index (χ3v) is 6.87. The average molecular weight is 532 g/mol. The molecule has 2 atom stereocenters. The van der Waals surface area contributed by atoms with E-state index in [1.54, 1.807) is 35.2 Å². The molecule has 0 aliphatic carbocycles. The van der Waals surface area contributed by atoms with Crippen molar-refractivity contribution in [3.05, 3.63) is 105 Å². The highest BCUT2D eigenvalue weighted by molar-refractivity contribution is 6.42. The van der Waals surface area contributed by atoms with Crippen molar-refractivity contribution in [2.45, 2.75) is 51.7 Å². The van der Waals surface area contributed by atoms with Crippen LogP contribution in [0.2, 0.25) is 15.1 Å². The maximum absolute atomic E-state index is 13.7. The lowest BCUT2D eigenvalue weighted by atomic mass is 10.0. The lowest BCUT2D eigenvalue weighted by Gasteiger charge is -2.32. The molecule has 184 valence electrons. The number of carbonyl (C=O) groups is 2. The van der Waals surface area contributed by atoms with Crippen LogP contribution in [0.3, 0.4) is 0 Å². The van der Waals surface area contributed by atoms with Crippen molar-refractivity contribution in [3.8, 4) is 0 Å². The number of rotatable bonds is 10. The Kier molecular flexibility index (Phi) is 10.0.